The fourth-order valence-corrected chi connectivity index (χ4v) is 1.70. The van der Waals surface area contributed by atoms with Crippen molar-refractivity contribution >= 4 is 11.7 Å². The molecule has 1 saturated heterocycles. The van der Waals surface area contributed by atoms with E-state index >= 15 is 0 Å². The number of aliphatic carboxylic acids is 1. The average Bonchev–Trinajstić information content (AvgIpc) is 2.80. The van der Waals surface area contributed by atoms with Gasteiger partial charge in [0.2, 0.25) is 0 Å². The van der Waals surface area contributed by atoms with Crippen LogP contribution in [0.2, 0.25) is 0 Å². The predicted molar refractivity (Wildman–Crippen MR) is 58.4 cm³/mol. The number of anilines is 1. The molecule has 0 amide bonds. The molecule has 88 valence electrons. The largest absolute Gasteiger partial charge is 0.479 e. The Morgan fingerprint density at radius 2 is 2.47 bits per heavy atom. The van der Waals surface area contributed by atoms with E-state index in [1.807, 2.05) is 6.07 Å². The van der Waals surface area contributed by atoms with Crippen molar-refractivity contribution < 1.29 is 14.6 Å². The number of hydrogen-bond acceptors (Lipinski definition) is 5. The maximum Gasteiger partial charge on any atom is 0.331 e. The first-order valence-corrected chi connectivity index (χ1v) is 5.12. The third-order valence-electron chi connectivity index (χ3n) is 2.69. The number of carbonyl (C=O) groups is 1. The molecule has 1 aromatic heterocycles. The molecular formula is C11H11N3O3. The topological polar surface area (TPSA) is 95.2 Å². The first-order valence-electron chi connectivity index (χ1n) is 5.12. The Kier molecular flexibility index (Phi) is 2.93. The highest BCUT2D eigenvalue weighted by Crippen LogP contribution is 2.24. The van der Waals surface area contributed by atoms with E-state index in [0.717, 1.165) is 0 Å². The molecule has 1 aliphatic heterocycles. The van der Waals surface area contributed by atoms with Crippen LogP contribution in [0.1, 0.15) is 12.1 Å². The minimum absolute atomic E-state index is 0.127. The number of nitrogens with one attached hydrogen (secondary N) is 1. The molecule has 6 nitrogen and oxygen atoms in total. The Bertz CT molecular complexity index is 458. The Hall–Kier alpha value is -2.13. The van der Waals surface area contributed by atoms with Crippen LogP contribution >= 0.6 is 0 Å². The lowest BCUT2D eigenvalue weighted by Crippen LogP contribution is -2.47. The summed E-state index contributed by atoms with van der Waals surface area (Å²) in [6.45, 7) is 0.547. The molecule has 2 heterocycles. The SMILES string of the molecule is N#Cc1ccc(NC2(C(=O)O)CCOC2)cn1. The minimum Gasteiger partial charge on any atom is -0.479 e. The molecule has 2 rings (SSSR count). The second-order valence-corrected chi connectivity index (χ2v) is 3.86. The summed E-state index contributed by atoms with van der Waals surface area (Å²) in [5, 5.41) is 20.7. The van der Waals surface area contributed by atoms with E-state index in [1.54, 1.807) is 6.07 Å². The van der Waals surface area contributed by atoms with Gasteiger partial charge < -0.3 is 15.2 Å². The van der Waals surface area contributed by atoms with E-state index in [9.17, 15) is 9.90 Å². The number of aromatic nitrogens is 1. The summed E-state index contributed by atoms with van der Waals surface area (Å²) in [4.78, 5) is 15.1. The standard InChI is InChI=1S/C11H11N3O3/c12-5-8-1-2-9(6-13-8)14-11(10(15)16)3-4-17-7-11/h1-2,6,14H,3-4,7H2,(H,15,16). The lowest BCUT2D eigenvalue weighted by atomic mass is 9.99. The van der Waals surface area contributed by atoms with E-state index in [1.165, 1.54) is 12.3 Å². The summed E-state index contributed by atoms with van der Waals surface area (Å²) >= 11 is 0. The van der Waals surface area contributed by atoms with Crippen LogP contribution in [0.4, 0.5) is 5.69 Å². The summed E-state index contributed by atoms with van der Waals surface area (Å²) in [7, 11) is 0. The van der Waals surface area contributed by atoms with Gasteiger partial charge in [-0.25, -0.2) is 9.78 Å². The van der Waals surface area contributed by atoms with Gasteiger partial charge in [0, 0.05) is 13.0 Å². The van der Waals surface area contributed by atoms with Crippen molar-refractivity contribution in [3.8, 4) is 6.07 Å². The van der Waals surface area contributed by atoms with Crippen molar-refractivity contribution in [2.24, 2.45) is 0 Å². The monoisotopic (exact) mass is 233 g/mol. The maximum atomic E-state index is 11.2. The van der Waals surface area contributed by atoms with E-state index < -0.39 is 11.5 Å². The zero-order chi connectivity index (χ0) is 12.3. The number of ether oxygens (including phenoxy) is 1. The van der Waals surface area contributed by atoms with Crippen LogP contribution in [-0.4, -0.2) is 34.8 Å². The van der Waals surface area contributed by atoms with Gasteiger partial charge >= 0.3 is 5.97 Å². The van der Waals surface area contributed by atoms with Gasteiger partial charge in [-0.15, -0.1) is 0 Å². The fraction of sp³-hybridized carbons (Fsp3) is 0.364. The zero-order valence-electron chi connectivity index (χ0n) is 9.01. The summed E-state index contributed by atoms with van der Waals surface area (Å²) in [6.07, 6.45) is 1.85. The minimum atomic E-state index is -1.09. The highest BCUT2D eigenvalue weighted by atomic mass is 16.5. The highest BCUT2D eigenvalue weighted by Gasteiger charge is 2.42. The maximum absolute atomic E-state index is 11.2. The Morgan fingerprint density at radius 1 is 1.65 bits per heavy atom. The Labute approximate surface area is 97.8 Å². The number of pyridine rings is 1. The second-order valence-electron chi connectivity index (χ2n) is 3.86. The highest BCUT2D eigenvalue weighted by molar-refractivity contribution is 5.83. The molecule has 1 aromatic rings. The molecule has 1 atom stereocenters. The van der Waals surface area contributed by atoms with Crippen LogP contribution in [-0.2, 0) is 9.53 Å². The molecule has 17 heavy (non-hydrogen) atoms. The smallest absolute Gasteiger partial charge is 0.331 e. The van der Waals surface area contributed by atoms with E-state index in [2.05, 4.69) is 10.3 Å². The molecular weight excluding hydrogens is 222 g/mol. The molecule has 0 spiro atoms. The predicted octanol–water partition coefficient (Wildman–Crippen LogP) is 0.609. The van der Waals surface area contributed by atoms with Crippen LogP contribution in [0.15, 0.2) is 18.3 Å². The van der Waals surface area contributed by atoms with Gasteiger partial charge in [0.15, 0.2) is 5.54 Å². The fourth-order valence-electron chi connectivity index (χ4n) is 1.70. The molecule has 0 aliphatic carbocycles. The number of nitrogens with zero attached hydrogens (tertiary/aromatic N) is 2. The molecule has 1 fully saturated rings. The molecule has 1 aliphatic rings. The number of carboxylic acids is 1. The molecule has 0 aromatic carbocycles. The van der Waals surface area contributed by atoms with E-state index in [4.69, 9.17) is 10.00 Å². The number of rotatable bonds is 3. The van der Waals surface area contributed by atoms with Gasteiger partial charge in [0.1, 0.15) is 11.8 Å². The average molecular weight is 233 g/mol. The van der Waals surface area contributed by atoms with Crippen LogP contribution in [0.25, 0.3) is 0 Å². The van der Waals surface area contributed by atoms with Crippen LogP contribution < -0.4 is 5.32 Å². The molecule has 0 radical (unpaired) electrons. The van der Waals surface area contributed by atoms with Crippen molar-refractivity contribution in [3.05, 3.63) is 24.0 Å². The van der Waals surface area contributed by atoms with Crippen LogP contribution in [0, 0.1) is 11.3 Å². The quantitative estimate of drug-likeness (QED) is 0.794. The zero-order valence-corrected chi connectivity index (χ0v) is 9.01. The summed E-state index contributed by atoms with van der Waals surface area (Å²) in [5.41, 5.74) is -0.227. The van der Waals surface area contributed by atoms with Crippen LogP contribution in [0.3, 0.4) is 0 Å². The Morgan fingerprint density at radius 3 is 2.94 bits per heavy atom. The van der Waals surface area contributed by atoms with Gasteiger partial charge in [-0.05, 0) is 12.1 Å². The van der Waals surface area contributed by atoms with Gasteiger partial charge in [0.25, 0.3) is 0 Å². The first-order chi connectivity index (χ1) is 8.16. The third-order valence-corrected chi connectivity index (χ3v) is 2.69. The van der Waals surface area contributed by atoms with E-state index in [-0.39, 0.29) is 6.61 Å². The lowest BCUT2D eigenvalue weighted by Gasteiger charge is -2.24. The van der Waals surface area contributed by atoms with Crippen molar-refractivity contribution in [2.75, 3.05) is 18.5 Å². The molecule has 2 N–H and O–H groups in total. The van der Waals surface area contributed by atoms with Crippen molar-refractivity contribution in [1.82, 2.24) is 4.98 Å². The van der Waals surface area contributed by atoms with Gasteiger partial charge in [-0.2, -0.15) is 5.26 Å². The second kappa shape index (κ2) is 4.39. The van der Waals surface area contributed by atoms with Crippen molar-refractivity contribution in [3.63, 3.8) is 0 Å². The molecule has 1 unspecified atom stereocenters. The normalized spacial score (nSPS) is 23.0. The summed E-state index contributed by atoms with van der Waals surface area (Å²) in [6, 6.07) is 5.07. The molecule has 0 saturated carbocycles. The third kappa shape index (κ3) is 2.19. The van der Waals surface area contributed by atoms with Gasteiger partial charge in [0.05, 0.1) is 18.5 Å². The van der Waals surface area contributed by atoms with E-state index in [0.29, 0.717) is 24.4 Å². The van der Waals surface area contributed by atoms with Gasteiger partial charge in [-0.1, -0.05) is 0 Å². The van der Waals surface area contributed by atoms with Gasteiger partial charge in [-0.3, -0.25) is 0 Å². The molecule has 6 heteroatoms. The Balaban J connectivity index is 2.18. The van der Waals surface area contributed by atoms with Crippen molar-refractivity contribution in [2.45, 2.75) is 12.0 Å². The first kappa shape index (κ1) is 11.4. The number of nitriles is 1. The molecule has 0 bridgehead atoms. The lowest BCUT2D eigenvalue weighted by molar-refractivity contribution is -0.142. The summed E-state index contributed by atoms with van der Waals surface area (Å²) in [5.74, 6) is -0.945. The van der Waals surface area contributed by atoms with Crippen LogP contribution in [0.5, 0.6) is 0 Å². The number of hydrogen-bond donors (Lipinski definition) is 2. The van der Waals surface area contributed by atoms with Crippen molar-refractivity contribution in [1.29, 1.82) is 5.26 Å². The number of carboxylic acid groups (broad SMARTS) is 1. The summed E-state index contributed by atoms with van der Waals surface area (Å²) < 4.78 is 5.12.